The highest BCUT2D eigenvalue weighted by molar-refractivity contribution is 6.00. The number of aromatic amines is 2. The van der Waals surface area contributed by atoms with Crippen LogP contribution in [-0.2, 0) is 0 Å². The van der Waals surface area contributed by atoms with Crippen molar-refractivity contribution in [3.05, 3.63) is 85.3 Å². The summed E-state index contributed by atoms with van der Waals surface area (Å²) in [5.41, 5.74) is 6.42. The normalized spacial score (nSPS) is 11.4. The number of hydrogen-bond acceptors (Lipinski definition) is 4. The van der Waals surface area contributed by atoms with E-state index in [0.717, 1.165) is 44.4 Å². The second kappa shape index (κ2) is 6.84. The first kappa shape index (κ1) is 17.5. The molecule has 0 atom stereocenters. The Labute approximate surface area is 175 Å². The van der Waals surface area contributed by atoms with E-state index in [2.05, 4.69) is 36.2 Å². The molecule has 0 radical (unpaired) electrons. The van der Waals surface area contributed by atoms with Crippen LogP contribution in [-0.4, -0.2) is 30.1 Å². The first-order chi connectivity index (χ1) is 15.3. The Hall–Kier alpha value is -4.39. The Morgan fingerprint density at radius 1 is 0.806 bits per heavy atom. The zero-order valence-electron chi connectivity index (χ0n) is 16.2. The van der Waals surface area contributed by atoms with Gasteiger partial charge in [0.05, 0.1) is 11.2 Å². The van der Waals surface area contributed by atoms with Gasteiger partial charge in [-0.05, 0) is 41.5 Å². The Balaban J connectivity index is 1.53. The third kappa shape index (κ3) is 2.86. The fraction of sp³-hybridized carbons (Fsp3) is 0. The molecule has 0 fully saturated rings. The predicted octanol–water partition coefficient (Wildman–Crippen LogP) is 5.37. The summed E-state index contributed by atoms with van der Waals surface area (Å²) in [6.07, 6.45) is 6.75. The van der Waals surface area contributed by atoms with Crippen LogP contribution < -0.4 is 0 Å². The summed E-state index contributed by atoms with van der Waals surface area (Å²) in [6, 6.07) is 16.6. The van der Waals surface area contributed by atoms with Crippen molar-refractivity contribution in [3.63, 3.8) is 0 Å². The predicted molar refractivity (Wildman–Crippen MR) is 118 cm³/mol. The maximum absolute atomic E-state index is 14.4. The summed E-state index contributed by atoms with van der Waals surface area (Å²) in [5.74, 6) is -0.266. The standard InChI is InChI=1S/C24H15FN6/c25-20-4-2-1-3-17(20)16-7-8-28-24-18(16)10-22(29-24)23-19-9-14(5-6-21(19)30-31-23)15-11-26-13-27-12-15/h1-13H,(H,28,29)(H,30,31). The van der Waals surface area contributed by atoms with E-state index in [4.69, 9.17) is 0 Å². The first-order valence-corrected chi connectivity index (χ1v) is 9.74. The van der Waals surface area contributed by atoms with Crippen LogP contribution in [0.2, 0.25) is 0 Å². The van der Waals surface area contributed by atoms with Gasteiger partial charge in [0.2, 0.25) is 0 Å². The fourth-order valence-electron chi connectivity index (χ4n) is 3.92. The van der Waals surface area contributed by atoms with Crippen LogP contribution in [0.5, 0.6) is 0 Å². The maximum atomic E-state index is 14.4. The zero-order valence-corrected chi connectivity index (χ0v) is 16.2. The molecule has 0 amide bonds. The van der Waals surface area contributed by atoms with Crippen molar-refractivity contribution in [2.24, 2.45) is 0 Å². The minimum absolute atomic E-state index is 0.266. The average Bonchev–Trinajstić information content (AvgIpc) is 3.43. The molecule has 148 valence electrons. The third-order valence-electron chi connectivity index (χ3n) is 5.41. The lowest BCUT2D eigenvalue weighted by Gasteiger charge is -2.04. The Morgan fingerprint density at radius 2 is 1.68 bits per heavy atom. The van der Waals surface area contributed by atoms with Crippen molar-refractivity contribution in [1.82, 2.24) is 30.1 Å². The molecule has 0 aliphatic carbocycles. The van der Waals surface area contributed by atoms with Gasteiger partial charge in [0.25, 0.3) is 0 Å². The van der Waals surface area contributed by atoms with Gasteiger partial charge >= 0.3 is 0 Å². The molecule has 0 saturated heterocycles. The fourth-order valence-corrected chi connectivity index (χ4v) is 3.92. The number of pyridine rings is 1. The molecular formula is C24H15FN6. The van der Waals surface area contributed by atoms with Crippen molar-refractivity contribution in [2.75, 3.05) is 0 Å². The molecule has 0 saturated carbocycles. The Bertz CT molecular complexity index is 1550. The van der Waals surface area contributed by atoms with Crippen LogP contribution in [0.25, 0.3) is 55.6 Å². The first-order valence-electron chi connectivity index (χ1n) is 9.74. The number of benzene rings is 2. The van der Waals surface area contributed by atoms with Gasteiger partial charge in [-0.15, -0.1) is 0 Å². The number of aromatic nitrogens is 6. The van der Waals surface area contributed by atoms with Crippen LogP contribution in [0.3, 0.4) is 0 Å². The number of halogens is 1. The molecule has 7 heteroatoms. The van der Waals surface area contributed by atoms with Gasteiger partial charge in [-0.2, -0.15) is 5.10 Å². The summed E-state index contributed by atoms with van der Waals surface area (Å²) in [4.78, 5) is 16.0. The molecule has 2 aromatic carbocycles. The van der Waals surface area contributed by atoms with Crippen molar-refractivity contribution in [1.29, 1.82) is 0 Å². The molecule has 6 nitrogen and oxygen atoms in total. The van der Waals surface area contributed by atoms with E-state index in [1.807, 2.05) is 30.3 Å². The molecular weight excluding hydrogens is 391 g/mol. The van der Waals surface area contributed by atoms with Gasteiger partial charge in [0.15, 0.2) is 0 Å². The number of nitrogens with zero attached hydrogens (tertiary/aromatic N) is 4. The highest BCUT2D eigenvalue weighted by atomic mass is 19.1. The van der Waals surface area contributed by atoms with E-state index >= 15 is 0 Å². The lowest BCUT2D eigenvalue weighted by molar-refractivity contribution is 0.631. The molecule has 0 aliphatic rings. The minimum atomic E-state index is -0.266. The molecule has 4 heterocycles. The van der Waals surface area contributed by atoms with Crippen LogP contribution >= 0.6 is 0 Å². The minimum Gasteiger partial charge on any atom is -0.338 e. The average molecular weight is 406 g/mol. The highest BCUT2D eigenvalue weighted by Gasteiger charge is 2.16. The van der Waals surface area contributed by atoms with Crippen molar-refractivity contribution >= 4 is 21.9 Å². The molecule has 0 aliphatic heterocycles. The van der Waals surface area contributed by atoms with Gasteiger partial charge < -0.3 is 4.98 Å². The van der Waals surface area contributed by atoms with E-state index < -0.39 is 0 Å². The largest absolute Gasteiger partial charge is 0.338 e. The van der Waals surface area contributed by atoms with E-state index in [-0.39, 0.29) is 5.82 Å². The number of fused-ring (bicyclic) bond motifs is 2. The molecule has 6 aromatic rings. The van der Waals surface area contributed by atoms with E-state index in [1.54, 1.807) is 30.7 Å². The molecule has 2 N–H and O–H groups in total. The second-order valence-corrected chi connectivity index (χ2v) is 7.24. The van der Waals surface area contributed by atoms with Crippen molar-refractivity contribution in [2.45, 2.75) is 0 Å². The van der Waals surface area contributed by atoms with Crippen LogP contribution in [0.15, 0.2) is 79.5 Å². The number of hydrogen-bond donors (Lipinski definition) is 2. The molecule has 4 aromatic heterocycles. The summed E-state index contributed by atoms with van der Waals surface area (Å²) in [5, 5.41) is 9.41. The Kier molecular flexibility index (Phi) is 3.86. The topological polar surface area (TPSA) is 83.1 Å². The number of H-pyrrole nitrogens is 2. The molecule has 0 unspecified atom stereocenters. The SMILES string of the molecule is Fc1ccccc1-c1ccnc2[nH]c(-c3n[nH]c4ccc(-c5cncnc5)cc34)cc12. The van der Waals surface area contributed by atoms with Crippen molar-refractivity contribution < 1.29 is 4.39 Å². The van der Waals surface area contributed by atoms with Gasteiger partial charge in [-0.1, -0.05) is 24.3 Å². The quantitative estimate of drug-likeness (QED) is 0.414. The molecule has 6 rings (SSSR count). The number of rotatable bonds is 3. The van der Waals surface area contributed by atoms with E-state index in [1.165, 1.54) is 12.4 Å². The maximum Gasteiger partial charge on any atom is 0.138 e. The zero-order chi connectivity index (χ0) is 20.8. The summed E-state index contributed by atoms with van der Waals surface area (Å²) >= 11 is 0. The summed E-state index contributed by atoms with van der Waals surface area (Å²) in [6.45, 7) is 0. The smallest absolute Gasteiger partial charge is 0.138 e. The monoisotopic (exact) mass is 406 g/mol. The van der Waals surface area contributed by atoms with Gasteiger partial charge in [-0.3, -0.25) is 5.10 Å². The number of nitrogens with one attached hydrogen (secondary N) is 2. The van der Waals surface area contributed by atoms with Crippen LogP contribution in [0.4, 0.5) is 4.39 Å². The summed E-state index contributed by atoms with van der Waals surface area (Å²) < 4.78 is 14.4. The highest BCUT2D eigenvalue weighted by Crippen LogP contribution is 2.35. The van der Waals surface area contributed by atoms with Crippen LogP contribution in [0, 0.1) is 5.82 Å². The second-order valence-electron chi connectivity index (χ2n) is 7.24. The van der Waals surface area contributed by atoms with Crippen LogP contribution in [0.1, 0.15) is 0 Å². The van der Waals surface area contributed by atoms with Gasteiger partial charge in [0.1, 0.15) is 23.5 Å². The molecule has 0 bridgehead atoms. The van der Waals surface area contributed by atoms with Crippen molar-refractivity contribution in [3.8, 4) is 33.6 Å². The lowest BCUT2D eigenvalue weighted by atomic mass is 10.0. The Morgan fingerprint density at radius 3 is 2.55 bits per heavy atom. The lowest BCUT2D eigenvalue weighted by Crippen LogP contribution is -1.85. The summed E-state index contributed by atoms with van der Waals surface area (Å²) in [7, 11) is 0. The van der Waals surface area contributed by atoms with E-state index in [0.29, 0.717) is 11.2 Å². The third-order valence-corrected chi connectivity index (χ3v) is 5.41. The molecule has 31 heavy (non-hydrogen) atoms. The van der Waals surface area contributed by atoms with Gasteiger partial charge in [-0.25, -0.2) is 19.3 Å². The van der Waals surface area contributed by atoms with E-state index in [9.17, 15) is 4.39 Å². The van der Waals surface area contributed by atoms with Gasteiger partial charge in [0, 0.05) is 40.5 Å². The molecule has 0 spiro atoms.